The zero-order valence-electron chi connectivity index (χ0n) is 9.71. The van der Waals surface area contributed by atoms with Crippen molar-refractivity contribution in [3.05, 3.63) is 29.6 Å². The highest BCUT2D eigenvalue weighted by atomic mass is 32.2. The van der Waals surface area contributed by atoms with Crippen LogP contribution in [-0.2, 0) is 4.74 Å². The fourth-order valence-electron chi connectivity index (χ4n) is 1.88. The lowest BCUT2D eigenvalue weighted by Crippen LogP contribution is -2.34. The number of ether oxygens (including phenoxy) is 1. The number of benzene rings is 1. The molecule has 1 heterocycles. The predicted octanol–water partition coefficient (Wildman–Crippen LogP) is 2.94. The van der Waals surface area contributed by atoms with Gasteiger partial charge in [0.1, 0.15) is 11.5 Å². The van der Waals surface area contributed by atoms with Crippen LogP contribution in [0.4, 0.5) is 4.39 Å². The number of thioether (sulfide) groups is 1. The lowest BCUT2D eigenvalue weighted by atomic mass is 10.1. The minimum Gasteiger partial charge on any atom is -0.359 e. The van der Waals surface area contributed by atoms with Gasteiger partial charge < -0.3 is 4.74 Å². The number of hydrogen-bond acceptors (Lipinski definition) is 3. The number of nitrogens with one attached hydrogen (secondary N) is 1. The monoisotopic (exact) mass is 241 g/mol. The van der Waals surface area contributed by atoms with Gasteiger partial charge in [-0.2, -0.15) is 0 Å². The highest BCUT2D eigenvalue weighted by Gasteiger charge is 2.31. The van der Waals surface area contributed by atoms with Crippen LogP contribution in [0.1, 0.15) is 25.5 Å². The van der Waals surface area contributed by atoms with Gasteiger partial charge in [0.15, 0.2) is 0 Å². The van der Waals surface area contributed by atoms with E-state index in [1.165, 1.54) is 0 Å². The van der Waals surface area contributed by atoms with Crippen molar-refractivity contribution in [1.29, 1.82) is 0 Å². The Morgan fingerprint density at radius 2 is 2.19 bits per heavy atom. The van der Waals surface area contributed by atoms with Gasteiger partial charge in [0.25, 0.3) is 0 Å². The molecule has 2 nitrogen and oxygen atoms in total. The van der Waals surface area contributed by atoms with Crippen molar-refractivity contribution in [2.75, 3.05) is 12.9 Å². The van der Waals surface area contributed by atoms with Crippen LogP contribution in [0.5, 0.6) is 0 Å². The molecule has 88 valence electrons. The largest absolute Gasteiger partial charge is 0.359 e. The molecule has 1 aromatic carbocycles. The van der Waals surface area contributed by atoms with Gasteiger partial charge >= 0.3 is 0 Å². The fourth-order valence-corrected chi connectivity index (χ4v) is 2.36. The summed E-state index contributed by atoms with van der Waals surface area (Å²) in [6, 6.07) is 5.21. The summed E-state index contributed by atoms with van der Waals surface area (Å²) in [5, 5.41) is 3.33. The Balaban J connectivity index is 2.24. The molecule has 0 aliphatic carbocycles. The van der Waals surface area contributed by atoms with Crippen LogP contribution in [0.15, 0.2) is 23.1 Å². The van der Waals surface area contributed by atoms with E-state index in [4.69, 9.17) is 4.74 Å². The Bertz CT molecular complexity index is 395. The predicted molar refractivity (Wildman–Crippen MR) is 64.1 cm³/mol. The van der Waals surface area contributed by atoms with Crippen molar-refractivity contribution in [1.82, 2.24) is 5.32 Å². The van der Waals surface area contributed by atoms with Crippen molar-refractivity contribution < 1.29 is 9.13 Å². The van der Waals surface area contributed by atoms with Gasteiger partial charge in [-0.1, -0.05) is 0 Å². The molecule has 0 spiro atoms. The summed E-state index contributed by atoms with van der Waals surface area (Å²) in [6.45, 7) is 4.54. The van der Waals surface area contributed by atoms with E-state index in [2.05, 4.69) is 5.32 Å². The molecule has 16 heavy (non-hydrogen) atoms. The lowest BCUT2D eigenvalue weighted by Gasteiger charge is -2.18. The molecule has 0 bridgehead atoms. The third-order valence-corrected chi connectivity index (χ3v) is 3.37. The van der Waals surface area contributed by atoms with Crippen molar-refractivity contribution in [3.63, 3.8) is 0 Å². The molecule has 0 amide bonds. The smallest absolute Gasteiger partial charge is 0.124 e. The summed E-state index contributed by atoms with van der Waals surface area (Å²) in [4.78, 5) is 0.946. The first-order valence-corrected chi connectivity index (χ1v) is 6.49. The van der Waals surface area contributed by atoms with Crippen molar-refractivity contribution >= 4 is 11.8 Å². The zero-order chi connectivity index (χ0) is 11.8. The van der Waals surface area contributed by atoms with E-state index >= 15 is 0 Å². The molecule has 1 aliphatic rings. The van der Waals surface area contributed by atoms with E-state index in [1.54, 1.807) is 23.9 Å². The molecule has 1 unspecified atom stereocenters. The highest BCUT2D eigenvalue weighted by molar-refractivity contribution is 7.98. The summed E-state index contributed by atoms with van der Waals surface area (Å²) < 4.78 is 19.0. The Morgan fingerprint density at radius 3 is 2.75 bits per heavy atom. The van der Waals surface area contributed by atoms with E-state index in [0.29, 0.717) is 6.61 Å². The number of halogens is 1. The van der Waals surface area contributed by atoms with Gasteiger partial charge in [-0.05, 0) is 43.9 Å². The van der Waals surface area contributed by atoms with Gasteiger partial charge in [0.2, 0.25) is 0 Å². The third kappa shape index (κ3) is 2.56. The summed E-state index contributed by atoms with van der Waals surface area (Å²) in [5.41, 5.74) is 0.631. The first-order valence-electron chi connectivity index (χ1n) is 5.26. The van der Waals surface area contributed by atoms with Gasteiger partial charge in [-0.15, -0.1) is 11.8 Å². The first kappa shape index (κ1) is 11.9. The molecule has 4 heteroatoms. The Morgan fingerprint density at radius 1 is 1.44 bits per heavy atom. The van der Waals surface area contributed by atoms with Crippen LogP contribution in [0.25, 0.3) is 0 Å². The quantitative estimate of drug-likeness (QED) is 0.804. The van der Waals surface area contributed by atoms with Crippen LogP contribution in [-0.4, -0.2) is 18.6 Å². The van der Waals surface area contributed by atoms with Gasteiger partial charge in [0.05, 0.1) is 12.6 Å². The van der Waals surface area contributed by atoms with Crippen LogP contribution in [0, 0.1) is 5.82 Å². The Labute approximate surface area is 99.6 Å². The molecule has 1 N–H and O–H groups in total. The van der Waals surface area contributed by atoms with Crippen LogP contribution in [0.2, 0.25) is 0 Å². The van der Waals surface area contributed by atoms with E-state index in [9.17, 15) is 4.39 Å². The minimum absolute atomic E-state index is 0.0802. The molecule has 1 atom stereocenters. The summed E-state index contributed by atoms with van der Waals surface area (Å²) >= 11 is 1.55. The average Bonchev–Trinajstić information content (AvgIpc) is 2.58. The lowest BCUT2D eigenvalue weighted by molar-refractivity contribution is 0.0231. The molecule has 0 aromatic heterocycles. The number of rotatable bonds is 2. The highest BCUT2D eigenvalue weighted by Crippen LogP contribution is 2.28. The summed E-state index contributed by atoms with van der Waals surface area (Å²) in [6.07, 6.45) is 1.95. The van der Waals surface area contributed by atoms with Gasteiger partial charge in [0, 0.05) is 4.90 Å². The second kappa shape index (κ2) is 4.35. The summed E-state index contributed by atoms with van der Waals surface area (Å²) in [7, 11) is 0. The second-order valence-corrected chi connectivity index (χ2v) is 5.32. The molecular weight excluding hydrogens is 225 g/mol. The average molecular weight is 241 g/mol. The van der Waals surface area contributed by atoms with Crippen LogP contribution in [0.3, 0.4) is 0 Å². The van der Waals surface area contributed by atoms with Crippen molar-refractivity contribution in [3.8, 4) is 0 Å². The first-order chi connectivity index (χ1) is 7.50. The van der Waals surface area contributed by atoms with E-state index in [1.807, 2.05) is 26.2 Å². The molecular formula is C12H16FNOS. The van der Waals surface area contributed by atoms with E-state index in [0.717, 1.165) is 10.5 Å². The maximum atomic E-state index is 13.4. The maximum absolute atomic E-state index is 13.4. The van der Waals surface area contributed by atoms with E-state index < -0.39 is 0 Å². The maximum Gasteiger partial charge on any atom is 0.124 e. The number of hydrogen-bond donors (Lipinski definition) is 1. The zero-order valence-corrected chi connectivity index (χ0v) is 10.5. The fraction of sp³-hybridized carbons (Fsp3) is 0.500. The summed E-state index contributed by atoms with van der Waals surface area (Å²) in [5.74, 6) is -0.187. The topological polar surface area (TPSA) is 21.3 Å². The van der Waals surface area contributed by atoms with Gasteiger partial charge in [-0.25, -0.2) is 4.39 Å². The SMILES string of the molecule is CSc1cc(F)cc(C2COC(C)(C)N2)c1. The van der Waals surface area contributed by atoms with Crippen LogP contribution < -0.4 is 5.32 Å². The molecule has 1 saturated heterocycles. The van der Waals surface area contributed by atoms with Crippen molar-refractivity contribution in [2.45, 2.75) is 30.5 Å². The second-order valence-electron chi connectivity index (χ2n) is 4.44. The molecule has 0 radical (unpaired) electrons. The van der Waals surface area contributed by atoms with Crippen molar-refractivity contribution in [2.24, 2.45) is 0 Å². The van der Waals surface area contributed by atoms with Crippen LogP contribution >= 0.6 is 11.8 Å². The standard InChI is InChI=1S/C12H16FNOS/c1-12(2)14-11(7-15-12)8-4-9(13)6-10(5-8)16-3/h4-6,11,14H,7H2,1-3H3. The minimum atomic E-state index is -0.323. The molecule has 1 aromatic rings. The normalized spacial score (nSPS) is 23.6. The third-order valence-electron chi connectivity index (χ3n) is 2.66. The Kier molecular flexibility index (Phi) is 3.24. The molecule has 1 aliphatic heterocycles. The Hall–Kier alpha value is -0.580. The molecule has 2 rings (SSSR count). The molecule has 0 saturated carbocycles. The molecule has 1 fully saturated rings. The van der Waals surface area contributed by atoms with Gasteiger partial charge in [-0.3, -0.25) is 5.32 Å². The van der Waals surface area contributed by atoms with E-state index in [-0.39, 0.29) is 17.6 Å².